The summed E-state index contributed by atoms with van der Waals surface area (Å²) < 4.78 is 16.5. The molecule has 1 aromatic rings. The zero-order valence-corrected chi connectivity index (χ0v) is 10.5. The highest BCUT2D eigenvalue weighted by Crippen LogP contribution is 2.27. The van der Waals surface area contributed by atoms with Crippen molar-refractivity contribution in [3.05, 3.63) is 30.3 Å². The molecular weight excluding hydrogens is 248 g/mol. The molecule has 19 heavy (non-hydrogen) atoms. The lowest BCUT2D eigenvalue weighted by atomic mass is 10.1. The summed E-state index contributed by atoms with van der Waals surface area (Å²) in [6.45, 7) is 0.916. The van der Waals surface area contributed by atoms with Crippen molar-refractivity contribution in [2.24, 2.45) is 0 Å². The van der Waals surface area contributed by atoms with Gasteiger partial charge in [-0.25, -0.2) is 4.79 Å². The number of quaternary nitrogens is 1. The Bertz CT molecular complexity index is 453. The first-order valence-corrected chi connectivity index (χ1v) is 6.33. The standard InChI is InChI=1S/C13H16N2O4/c14-9-6-17-12-10(7-18-11(9)12)19-13(16)15-8-4-2-1-3-5-8/h1-5,9-12H,6-7,14H2,(H,15,16)/p+1/t9-,10+,11+,12+/m0/s1. The maximum atomic E-state index is 11.8. The summed E-state index contributed by atoms with van der Waals surface area (Å²) >= 11 is 0. The van der Waals surface area contributed by atoms with Crippen LogP contribution in [0.5, 0.6) is 0 Å². The van der Waals surface area contributed by atoms with Crippen LogP contribution < -0.4 is 11.1 Å². The van der Waals surface area contributed by atoms with E-state index in [1.165, 1.54) is 0 Å². The summed E-state index contributed by atoms with van der Waals surface area (Å²) in [4.78, 5) is 11.8. The number of ether oxygens (including phenoxy) is 3. The molecule has 6 nitrogen and oxygen atoms in total. The molecule has 1 aromatic carbocycles. The number of hydrogen-bond donors (Lipinski definition) is 2. The Balaban J connectivity index is 1.56. The first-order chi connectivity index (χ1) is 9.24. The van der Waals surface area contributed by atoms with E-state index in [4.69, 9.17) is 14.2 Å². The lowest BCUT2D eigenvalue weighted by Crippen LogP contribution is -2.66. The Morgan fingerprint density at radius 1 is 1.21 bits per heavy atom. The highest BCUT2D eigenvalue weighted by molar-refractivity contribution is 5.84. The number of nitrogens with one attached hydrogen (secondary N) is 1. The first-order valence-electron chi connectivity index (χ1n) is 6.33. The summed E-state index contributed by atoms with van der Waals surface area (Å²) in [5, 5.41) is 2.67. The molecular formula is C13H17N2O4+. The maximum absolute atomic E-state index is 11.8. The monoisotopic (exact) mass is 265 g/mol. The lowest BCUT2D eigenvalue weighted by molar-refractivity contribution is -0.430. The third-order valence-corrected chi connectivity index (χ3v) is 3.39. The molecule has 4 atom stereocenters. The van der Waals surface area contributed by atoms with E-state index in [2.05, 4.69) is 11.1 Å². The van der Waals surface area contributed by atoms with E-state index in [9.17, 15) is 4.79 Å². The van der Waals surface area contributed by atoms with Crippen LogP contribution in [-0.2, 0) is 14.2 Å². The molecule has 102 valence electrons. The van der Waals surface area contributed by atoms with E-state index < -0.39 is 6.09 Å². The van der Waals surface area contributed by atoms with Crippen LogP contribution in [-0.4, -0.2) is 43.7 Å². The molecule has 2 aliphatic rings. The van der Waals surface area contributed by atoms with Gasteiger partial charge < -0.3 is 19.9 Å². The van der Waals surface area contributed by atoms with Crippen LogP contribution in [0.2, 0.25) is 0 Å². The zero-order valence-electron chi connectivity index (χ0n) is 10.5. The summed E-state index contributed by atoms with van der Waals surface area (Å²) in [6, 6.07) is 9.28. The van der Waals surface area contributed by atoms with Gasteiger partial charge in [-0.3, -0.25) is 5.32 Å². The van der Waals surface area contributed by atoms with Gasteiger partial charge in [0.2, 0.25) is 0 Å². The molecule has 2 aliphatic heterocycles. The average molecular weight is 265 g/mol. The van der Waals surface area contributed by atoms with Crippen molar-refractivity contribution in [1.29, 1.82) is 0 Å². The quantitative estimate of drug-likeness (QED) is 0.789. The number of rotatable bonds is 2. The van der Waals surface area contributed by atoms with E-state index in [-0.39, 0.29) is 24.4 Å². The van der Waals surface area contributed by atoms with Crippen LogP contribution >= 0.6 is 0 Å². The number of carbonyl (C=O) groups is 1. The highest BCUT2D eigenvalue weighted by atomic mass is 16.6. The van der Waals surface area contributed by atoms with Gasteiger partial charge >= 0.3 is 6.09 Å². The van der Waals surface area contributed by atoms with Gasteiger partial charge in [0.15, 0.2) is 6.10 Å². The zero-order chi connectivity index (χ0) is 13.2. The Kier molecular flexibility index (Phi) is 3.37. The Labute approximate surface area is 110 Å². The van der Waals surface area contributed by atoms with Crippen LogP contribution in [0.1, 0.15) is 0 Å². The van der Waals surface area contributed by atoms with Crippen LogP contribution in [0.15, 0.2) is 30.3 Å². The molecule has 0 aliphatic carbocycles. The Morgan fingerprint density at radius 3 is 2.74 bits per heavy atom. The summed E-state index contributed by atoms with van der Waals surface area (Å²) in [5.74, 6) is 0. The predicted octanol–water partition coefficient (Wildman–Crippen LogP) is 0.0118. The van der Waals surface area contributed by atoms with E-state index in [1.54, 1.807) is 12.1 Å². The van der Waals surface area contributed by atoms with Crippen molar-refractivity contribution in [2.75, 3.05) is 18.5 Å². The Hall–Kier alpha value is -1.63. The maximum Gasteiger partial charge on any atom is 0.412 e. The fourth-order valence-electron chi connectivity index (χ4n) is 2.45. The van der Waals surface area contributed by atoms with Crippen molar-refractivity contribution >= 4 is 11.8 Å². The van der Waals surface area contributed by atoms with E-state index in [0.717, 1.165) is 0 Å². The van der Waals surface area contributed by atoms with Crippen molar-refractivity contribution in [1.82, 2.24) is 0 Å². The van der Waals surface area contributed by atoms with Gasteiger partial charge in [-0.1, -0.05) is 18.2 Å². The minimum absolute atomic E-state index is 0.0606. The smallest absolute Gasteiger partial charge is 0.412 e. The molecule has 3 rings (SSSR count). The van der Waals surface area contributed by atoms with Gasteiger partial charge in [-0.05, 0) is 12.1 Å². The minimum Gasteiger partial charge on any atom is -0.441 e. The van der Waals surface area contributed by atoms with Crippen molar-refractivity contribution in [2.45, 2.75) is 24.4 Å². The molecule has 0 radical (unpaired) electrons. The molecule has 0 unspecified atom stereocenters. The first kappa shape index (κ1) is 12.4. The van der Waals surface area contributed by atoms with Crippen molar-refractivity contribution < 1.29 is 24.7 Å². The predicted molar refractivity (Wildman–Crippen MR) is 66.5 cm³/mol. The van der Waals surface area contributed by atoms with Crippen LogP contribution in [0.25, 0.3) is 0 Å². The number of fused-ring (bicyclic) bond motifs is 1. The van der Waals surface area contributed by atoms with E-state index >= 15 is 0 Å². The molecule has 1 amide bonds. The second kappa shape index (κ2) is 5.16. The normalized spacial score (nSPS) is 32.9. The van der Waals surface area contributed by atoms with Gasteiger partial charge in [-0.2, -0.15) is 0 Å². The minimum atomic E-state index is -0.489. The van der Waals surface area contributed by atoms with E-state index in [0.29, 0.717) is 18.9 Å². The van der Waals surface area contributed by atoms with Crippen molar-refractivity contribution in [3.8, 4) is 0 Å². The van der Waals surface area contributed by atoms with Crippen LogP contribution in [0.4, 0.5) is 10.5 Å². The number of para-hydroxylation sites is 1. The molecule has 0 aromatic heterocycles. The highest BCUT2D eigenvalue weighted by Gasteiger charge is 2.50. The number of anilines is 1. The van der Waals surface area contributed by atoms with Crippen LogP contribution in [0, 0.1) is 0 Å². The number of carbonyl (C=O) groups excluding carboxylic acids is 1. The summed E-state index contributed by atoms with van der Waals surface area (Å²) in [5.41, 5.74) is 4.65. The summed E-state index contributed by atoms with van der Waals surface area (Å²) in [7, 11) is 0. The largest absolute Gasteiger partial charge is 0.441 e. The van der Waals surface area contributed by atoms with Gasteiger partial charge in [0.1, 0.15) is 24.9 Å². The molecule has 2 saturated heterocycles. The molecule has 2 fully saturated rings. The fourth-order valence-corrected chi connectivity index (χ4v) is 2.45. The van der Waals surface area contributed by atoms with Gasteiger partial charge in [0.25, 0.3) is 0 Å². The Morgan fingerprint density at radius 2 is 1.95 bits per heavy atom. The average Bonchev–Trinajstić information content (AvgIpc) is 2.96. The number of hydrogen-bond acceptors (Lipinski definition) is 4. The van der Waals surface area contributed by atoms with Gasteiger partial charge in [0, 0.05) is 5.69 Å². The van der Waals surface area contributed by atoms with Crippen LogP contribution in [0.3, 0.4) is 0 Å². The molecule has 0 saturated carbocycles. The lowest BCUT2D eigenvalue weighted by Gasteiger charge is -2.16. The third kappa shape index (κ3) is 2.56. The van der Waals surface area contributed by atoms with E-state index in [1.807, 2.05) is 18.2 Å². The second-order valence-electron chi connectivity index (χ2n) is 4.79. The molecule has 4 N–H and O–H groups in total. The van der Waals surface area contributed by atoms with Gasteiger partial charge in [-0.15, -0.1) is 0 Å². The fraction of sp³-hybridized carbons (Fsp3) is 0.462. The van der Waals surface area contributed by atoms with Gasteiger partial charge in [0.05, 0.1) is 6.61 Å². The SMILES string of the molecule is [NH3+][C@H]1CO[C@H]2[C@@H]1OC[C@H]2OC(=O)Nc1ccccc1. The van der Waals surface area contributed by atoms with Crippen molar-refractivity contribution in [3.63, 3.8) is 0 Å². The molecule has 0 spiro atoms. The number of amides is 1. The topological polar surface area (TPSA) is 84.4 Å². The molecule has 0 bridgehead atoms. The number of benzene rings is 1. The molecule has 6 heteroatoms. The summed E-state index contributed by atoms with van der Waals surface area (Å²) in [6.07, 6.45) is -1.10. The molecule has 2 heterocycles. The third-order valence-electron chi connectivity index (χ3n) is 3.39. The second-order valence-corrected chi connectivity index (χ2v) is 4.79.